The van der Waals surface area contributed by atoms with Crippen molar-refractivity contribution in [3.05, 3.63) is 40.5 Å². The number of alkyl halides is 1. The molecule has 0 N–H and O–H groups in total. The number of hydrogen-bond acceptors (Lipinski definition) is 2. The average Bonchev–Trinajstić information content (AvgIpc) is 2.56. The highest BCUT2D eigenvalue weighted by molar-refractivity contribution is 9.08. The van der Waals surface area contributed by atoms with Gasteiger partial charge in [-0.15, -0.1) is 0 Å². The summed E-state index contributed by atoms with van der Waals surface area (Å²) < 4.78 is 7.54. The fraction of sp³-hybridized carbons (Fsp3) is 0.250. The fourth-order valence-electron chi connectivity index (χ4n) is 1.59. The van der Waals surface area contributed by atoms with E-state index in [1.807, 2.05) is 32.2 Å². The second-order valence-corrected chi connectivity index (χ2v) is 4.63. The van der Waals surface area contributed by atoms with Gasteiger partial charge in [0.2, 0.25) is 5.88 Å². The minimum absolute atomic E-state index is 0.590. The molecule has 0 radical (unpaired) electrons. The molecule has 5 heteroatoms. The molecule has 0 aliphatic heterocycles. The molecular formula is C12H12BrClN2O. The topological polar surface area (TPSA) is 27.1 Å². The van der Waals surface area contributed by atoms with Gasteiger partial charge in [-0.2, -0.15) is 5.10 Å². The number of aromatic nitrogens is 2. The van der Waals surface area contributed by atoms with Crippen LogP contribution in [0, 0.1) is 6.92 Å². The first-order valence-corrected chi connectivity index (χ1v) is 6.64. The van der Waals surface area contributed by atoms with Crippen molar-refractivity contribution in [2.45, 2.75) is 12.3 Å². The van der Waals surface area contributed by atoms with E-state index in [4.69, 9.17) is 16.3 Å². The average molecular weight is 316 g/mol. The van der Waals surface area contributed by atoms with E-state index in [0.717, 1.165) is 11.3 Å². The Morgan fingerprint density at radius 1 is 1.41 bits per heavy atom. The minimum Gasteiger partial charge on any atom is -0.437 e. The highest BCUT2D eigenvalue weighted by Crippen LogP contribution is 2.32. The van der Waals surface area contributed by atoms with Crippen molar-refractivity contribution in [2.24, 2.45) is 7.05 Å². The summed E-state index contributed by atoms with van der Waals surface area (Å²) in [5, 5.41) is 5.62. The largest absolute Gasteiger partial charge is 0.437 e. The standard InChI is InChI=1S/C12H12BrClN2O/c1-8-9(7-13)12(16(2)15-8)17-11-6-4-3-5-10(11)14/h3-6H,7H2,1-2H3. The van der Waals surface area contributed by atoms with E-state index in [2.05, 4.69) is 21.0 Å². The molecule has 0 aliphatic rings. The van der Waals surface area contributed by atoms with Gasteiger partial charge in [0.25, 0.3) is 0 Å². The van der Waals surface area contributed by atoms with Crippen molar-refractivity contribution < 1.29 is 4.74 Å². The Kier molecular flexibility index (Phi) is 3.74. The lowest BCUT2D eigenvalue weighted by atomic mass is 10.3. The minimum atomic E-state index is 0.590. The van der Waals surface area contributed by atoms with E-state index < -0.39 is 0 Å². The van der Waals surface area contributed by atoms with Gasteiger partial charge in [0.1, 0.15) is 5.75 Å². The summed E-state index contributed by atoms with van der Waals surface area (Å²) in [6, 6.07) is 7.39. The van der Waals surface area contributed by atoms with E-state index in [1.165, 1.54) is 0 Å². The SMILES string of the molecule is Cc1nn(C)c(Oc2ccccc2Cl)c1CBr. The van der Waals surface area contributed by atoms with Crippen LogP contribution in [0.1, 0.15) is 11.3 Å². The number of halogens is 2. The lowest BCUT2D eigenvalue weighted by molar-refractivity contribution is 0.428. The summed E-state index contributed by atoms with van der Waals surface area (Å²) in [6.45, 7) is 1.95. The Morgan fingerprint density at radius 2 is 2.12 bits per heavy atom. The van der Waals surface area contributed by atoms with Crippen LogP contribution in [0.3, 0.4) is 0 Å². The molecule has 0 fully saturated rings. The van der Waals surface area contributed by atoms with Crippen LogP contribution in [0.15, 0.2) is 24.3 Å². The predicted molar refractivity (Wildman–Crippen MR) is 72.1 cm³/mol. The van der Waals surface area contributed by atoms with Gasteiger partial charge >= 0.3 is 0 Å². The summed E-state index contributed by atoms with van der Waals surface area (Å²) >= 11 is 9.50. The van der Waals surface area contributed by atoms with E-state index >= 15 is 0 Å². The third-order valence-corrected chi connectivity index (χ3v) is 3.34. The third-order valence-electron chi connectivity index (χ3n) is 2.47. The zero-order valence-corrected chi connectivity index (χ0v) is 11.9. The Labute approximate surface area is 113 Å². The van der Waals surface area contributed by atoms with E-state index in [9.17, 15) is 0 Å². The van der Waals surface area contributed by atoms with Crippen LogP contribution in [0.5, 0.6) is 11.6 Å². The molecule has 0 aliphatic carbocycles. The normalized spacial score (nSPS) is 10.6. The number of ether oxygens (including phenoxy) is 1. The molecule has 1 heterocycles. The number of hydrogen-bond donors (Lipinski definition) is 0. The van der Waals surface area contributed by atoms with Crippen LogP contribution in [0.25, 0.3) is 0 Å². The summed E-state index contributed by atoms with van der Waals surface area (Å²) in [5.74, 6) is 1.35. The highest BCUT2D eigenvalue weighted by Gasteiger charge is 2.15. The fourth-order valence-corrected chi connectivity index (χ4v) is 2.41. The molecule has 0 unspecified atom stereocenters. The zero-order chi connectivity index (χ0) is 12.4. The number of rotatable bonds is 3. The van der Waals surface area contributed by atoms with Crippen LogP contribution >= 0.6 is 27.5 Å². The zero-order valence-electron chi connectivity index (χ0n) is 9.58. The Morgan fingerprint density at radius 3 is 2.76 bits per heavy atom. The lowest BCUT2D eigenvalue weighted by Gasteiger charge is -2.08. The summed E-state index contributed by atoms with van der Waals surface area (Å²) in [5.41, 5.74) is 1.99. The van der Waals surface area contributed by atoms with E-state index in [-0.39, 0.29) is 0 Å². The number of para-hydroxylation sites is 1. The lowest BCUT2D eigenvalue weighted by Crippen LogP contribution is -1.96. The molecule has 1 aromatic carbocycles. The van der Waals surface area contributed by atoms with Crippen molar-refractivity contribution in [3.8, 4) is 11.6 Å². The van der Waals surface area contributed by atoms with Crippen LogP contribution in [-0.2, 0) is 12.4 Å². The molecule has 3 nitrogen and oxygen atoms in total. The number of aryl methyl sites for hydroxylation is 2. The monoisotopic (exact) mass is 314 g/mol. The molecule has 0 atom stereocenters. The van der Waals surface area contributed by atoms with Crippen molar-refractivity contribution in [3.63, 3.8) is 0 Å². The predicted octanol–water partition coefficient (Wildman–Crippen LogP) is 4.07. The van der Waals surface area contributed by atoms with Gasteiger partial charge in [0.05, 0.1) is 10.7 Å². The summed E-state index contributed by atoms with van der Waals surface area (Å²) in [7, 11) is 1.85. The van der Waals surface area contributed by atoms with E-state index in [0.29, 0.717) is 22.0 Å². The van der Waals surface area contributed by atoms with Crippen LogP contribution in [-0.4, -0.2) is 9.78 Å². The Balaban J connectivity index is 2.40. The molecular weight excluding hydrogens is 304 g/mol. The molecule has 0 saturated carbocycles. The first-order valence-electron chi connectivity index (χ1n) is 5.14. The smallest absolute Gasteiger partial charge is 0.221 e. The maximum atomic E-state index is 6.06. The summed E-state index contributed by atoms with van der Waals surface area (Å²) in [6.07, 6.45) is 0. The van der Waals surface area contributed by atoms with Crippen molar-refractivity contribution >= 4 is 27.5 Å². The Hall–Kier alpha value is -1.000. The van der Waals surface area contributed by atoms with Crippen LogP contribution in [0.4, 0.5) is 0 Å². The first kappa shape index (κ1) is 12.5. The summed E-state index contributed by atoms with van der Waals surface area (Å²) in [4.78, 5) is 0. The molecule has 0 amide bonds. The third kappa shape index (κ3) is 2.48. The van der Waals surface area contributed by atoms with Gasteiger partial charge in [-0.3, -0.25) is 0 Å². The number of benzene rings is 1. The Bertz CT molecular complexity index is 539. The van der Waals surface area contributed by atoms with Crippen molar-refractivity contribution in [1.82, 2.24) is 9.78 Å². The highest BCUT2D eigenvalue weighted by atomic mass is 79.9. The van der Waals surface area contributed by atoms with Gasteiger partial charge in [0, 0.05) is 17.9 Å². The molecule has 90 valence electrons. The maximum absolute atomic E-state index is 6.06. The van der Waals surface area contributed by atoms with E-state index in [1.54, 1.807) is 10.7 Å². The molecule has 0 saturated heterocycles. The molecule has 2 aromatic rings. The van der Waals surface area contributed by atoms with Crippen molar-refractivity contribution in [1.29, 1.82) is 0 Å². The molecule has 17 heavy (non-hydrogen) atoms. The molecule has 0 bridgehead atoms. The maximum Gasteiger partial charge on any atom is 0.221 e. The molecule has 1 aromatic heterocycles. The van der Waals surface area contributed by atoms with Gasteiger partial charge < -0.3 is 4.74 Å². The second-order valence-electron chi connectivity index (χ2n) is 3.66. The van der Waals surface area contributed by atoms with Crippen molar-refractivity contribution in [2.75, 3.05) is 0 Å². The second kappa shape index (κ2) is 5.10. The van der Waals surface area contributed by atoms with Crippen LogP contribution in [0.2, 0.25) is 5.02 Å². The molecule has 0 spiro atoms. The van der Waals surface area contributed by atoms with Gasteiger partial charge in [0.15, 0.2) is 0 Å². The molecule has 2 rings (SSSR count). The van der Waals surface area contributed by atoms with Crippen LogP contribution < -0.4 is 4.74 Å². The van der Waals surface area contributed by atoms with Gasteiger partial charge in [-0.1, -0.05) is 39.7 Å². The number of nitrogens with zero attached hydrogens (tertiary/aromatic N) is 2. The first-order chi connectivity index (χ1) is 8.13. The van der Waals surface area contributed by atoms with Gasteiger partial charge in [-0.25, -0.2) is 4.68 Å². The van der Waals surface area contributed by atoms with Gasteiger partial charge in [-0.05, 0) is 19.1 Å². The quantitative estimate of drug-likeness (QED) is 0.798.